The molecule has 3 rings (SSSR count). The first kappa shape index (κ1) is 14.3. The molecule has 21 heavy (non-hydrogen) atoms. The van der Waals surface area contributed by atoms with E-state index in [1.165, 1.54) is 5.57 Å². The van der Waals surface area contributed by atoms with Gasteiger partial charge >= 0.3 is 0 Å². The second-order valence-corrected chi connectivity index (χ2v) is 7.24. The summed E-state index contributed by atoms with van der Waals surface area (Å²) in [5.41, 5.74) is 5.38. The Kier molecular flexibility index (Phi) is 3.57. The number of aryl methyl sites for hydroxylation is 1. The summed E-state index contributed by atoms with van der Waals surface area (Å²) < 4.78 is 1.70. The summed E-state index contributed by atoms with van der Waals surface area (Å²) in [6, 6.07) is 2.07. The average Bonchev–Trinajstić information content (AvgIpc) is 3.06. The largest absolute Gasteiger partial charge is 0.296 e. The van der Waals surface area contributed by atoms with Gasteiger partial charge in [0.25, 0.3) is 0 Å². The lowest BCUT2D eigenvalue weighted by Crippen LogP contribution is -2.14. The third kappa shape index (κ3) is 2.60. The second kappa shape index (κ2) is 5.26. The highest BCUT2D eigenvalue weighted by atomic mass is 32.1. The molecule has 1 aliphatic rings. The number of allylic oxidation sites excluding steroid dienone is 2. The standard InChI is InChI=1S/C17H20N2OS/c1-17(2)7-4-12(5-8-17)15-14(10-20)19(3)18-16(15)13-6-9-21-11-13/h4,6,9-11H,5,7-8H2,1-3H3. The van der Waals surface area contributed by atoms with Gasteiger partial charge in [0.05, 0.1) is 0 Å². The van der Waals surface area contributed by atoms with Gasteiger partial charge in [0.15, 0.2) is 6.29 Å². The van der Waals surface area contributed by atoms with Crippen molar-refractivity contribution in [2.75, 3.05) is 0 Å². The van der Waals surface area contributed by atoms with E-state index in [1.54, 1.807) is 16.0 Å². The van der Waals surface area contributed by atoms with E-state index in [-0.39, 0.29) is 0 Å². The van der Waals surface area contributed by atoms with Gasteiger partial charge < -0.3 is 0 Å². The summed E-state index contributed by atoms with van der Waals surface area (Å²) in [5.74, 6) is 0. The maximum absolute atomic E-state index is 11.5. The molecule has 3 nitrogen and oxygen atoms in total. The maximum atomic E-state index is 11.5. The molecule has 0 bridgehead atoms. The molecule has 2 heterocycles. The van der Waals surface area contributed by atoms with Crippen molar-refractivity contribution >= 4 is 23.2 Å². The summed E-state index contributed by atoms with van der Waals surface area (Å²) in [4.78, 5) is 11.5. The average molecular weight is 300 g/mol. The molecule has 110 valence electrons. The molecule has 0 unspecified atom stereocenters. The van der Waals surface area contributed by atoms with Gasteiger partial charge in [-0.05, 0) is 41.7 Å². The molecular formula is C17H20N2OS. The monoisotopic (exact) mass is 300 g/mol. The Balaban J connectivity index is 2.13. The summed E-state index contributed by atoms with van der Waals surface area (Å²) in [7, 11) is 1.84. The molecule has 0 N–H and O–H groups in total. The Morgan fingerprint density at radius 3 is 2.81 bits per heavy atom. The van der Waals surface area contributed by atoms with Crippen LogP contribution in [-0.4, -0.2) is 16.1 Å². The maximum Gasteiger partial charge on any atom is 0.168 e. The number of nitrogens with zero attached hydrogens (tertiary/aromatic N) is 2. The van der Waals surface area contributed by atoms with Crippen molar-refractivity contribution in [1.82, 2.24) is 9.78 Å². The van der Waals surface area contributed by atoms with Gasteiger partial charge in [-0.3, -0.25) is 9.48 Å². The first-order chi connectivity index (χ1) is 10.0. The fraction of sp³-hybridized carbons (Fsp3) is 0.412. The summed E-state index contributed by atoms with van der Waals surface area (Å²) in [5, 5.41) is 8.73. The van der Waals surface area contributed by atoms with E-state index in [2.05, 4.69) is 36.5 Å². The van der Waals surface area contributed by atoms with Crippen LogP contribution in [0.4, 0.5) is 0 Å². The lowest BCUT2D eigenvalue weighted by Gasteiger charge is -2.28. The Morgan fingerprint density at radius 1 is 1.43 bits per heavy atom. The molecule has 2 aromatic rings. The fourth-order valence-corrected chi connectivity index (χ4v) is 3.53. The van der Waals surface area contributed by atoms with E-state index in [1.807, 2.05) is 12.4 Å². The molecule has 0 atom stereocenters. The fourth-order valence-electron chi connectivity index (χ4n) is 2.89. The minimum absolute atomic E-state index is 0.357. The molecule has 1 aliphatic carbocycles. The summed E-state index contributed by atoms with van der Waals surface area (Å²) >= 11 is 1.66. The van der Waals surface area contributed by atoms with E-state index in [0.717, 1.165) is 42.4 Å². The highest BCUT2D eigenvalue weighted by molar-refractivity contribution is 7.08. The smallest absolute Gasteiger partial charge is 0.168 e. The second-order valence-electron chi connectivity index (χ2n) is 6.46. The molecule has 0 spiro atoms. The van der Waals surface area contributed by atoms with Crippen LogP contribution in [0.3, 0.4) is 0 Å². The van der Waals surface area contributed by atoms with Crippen molar-refractivity contribution in [2.45, 2.75) is 33.1 Å². The van der Waals surface area contributed by atoms with Crippen LogP contribution in [0.2, 0.25) is 0 Å². The topological polar surface area (TPSA) is 34.9 Å². The normalized spacial score (nSPS) is 17.6. The number of thiophene rings is 1. The van der Waals surface area contributed by atoms with Gasteiger partial charge in [-0.1, -0.05) is 19.9 Å². The molecular weight excluding hydrogens is 280 g/mol. The number of carbonyl (C=O) groups is 1. The molecule has 0 radical (unpaired) electrons. The van der Waals surface area contributed by atoms with E-state index in [0.29, 0.717) is 11.1 Å². The number of hydrogen-bond acceptors (Lipinski definition) is 3. The predicted octanol–water partition coefficient (Wildman–Crippen LogP) is 4.55. The minimum Gasteiger partial charge on any atom is -0.296 e. The van der Waals surface area contributed by atoms with Crippen LogP contribution >= 0.6 is 11.3 Å². The van der Waals surface area contributed by atoms with Gasteiger partial charge in [0.1, 0.15) is 11.4 Å². The number of aromatic nitrogens is 2. The van der Waals surface area contributed by atoms with Crippen LogP contribution in [0.5, 0.6) is 0 Å². The van der Waals surface area contributed by atoms with Crippen LogP contribution in [0, 0.1) is 5.41 Å². The molecule has 0 aromatic carbocycles. The van der Waals surface area contributed by atoms with Gasteiger partial charge in [-0.25, -0.2) is 0 Å². The van der Waals surface area contributed by atoms with Crippen LogP contribution < -0.4 is 0 Å². The van der Waals surface area contributed by atoms with E-state index in [4.69, 9.17) is 0 Å². The summed E-state index contributed by atoms with van der Waals surface area (Å²) in [6.07, 6.45) is 6.44. The zero-order valence-corrected chi connectivity index (χ0v) is 13.5. The highest BCUT2D eigenvalue weighted by Crippen LogP contribution is 2.41. The van der Waals surface area contributed by atoms with Crippen molar-refractivity contribution in [1.29, 1.82) is 0 Å². The third-order valence-corrected chi connectivity index (χ3v) is 4.97. The quantitative estimate of drug-likeness (QED) is 0.779. The van der Waals surface area contributed by atoms with Gasteiger partial charge in [0, 0.05) is 23.6 Å². The van der Waals surface area contributed by atoms with Gasteiger partial charge in [-0.2, -0.15) is 16.4 Å². The Bertz CT molecular complexity index is 693. The van der Waals surface area contributed by atoms with Crippen molar-refractivity contribution in [3.8, 4) is 11.3 Å². The molecule has 0 saturated carbocycles. The van der Waals surface area contributed by atoms with Gasteiger partial charge in [-0.15, -0.1) is 0 Å². The number of aldehydes is 1. The third-order valence-electron chi connectivity index (χ3n) is 4.29. The lowest BCUT2D eigenvalue weighted by molar-refractivity contribution is 0.111. The zero-order chi connectivity index (χ0) is 15.0. The minimum atomic E-state index is 0.357. The van der Waals surface area contributed by atoms with Crippen molar-refractivity contribution < 1.29 is 4.79 Å². The molecule has 0 fully saturated rings. The molecule has 0 amide bonds. The molecule has 4 heteroatoms. The first-order valence-corrected chi connectivity index (χ1v) is 8.20. The Labute approximate surface area is 129 Å². The molecule has 0 saturated heterocycles. The predicted molar refractivity (Wildman–Crippen MR) is 87.5 cm³/mol. The first-order valence-electron chi connectivity index (χ1n) is 7.26. The Hall–Kier alpha value is -1.68. The zero-order valence-electron chi connectivity index (χ0n) is 12.7. The Morgan fingerprint density at radius 2 is 2.24 bits per heavy atom. The highest BCUT2D eigenvalue weighted by Gasteiger charge is 2.26. The molecule has 2 aromatic heterocycles. The number of hydrogen-bond donors (Lipinski definition) is 0. The van der Waals surface area contributed by atoms with Crippen molar-refractivity contribution in [3.63, 3.8) is 0 Å². The van der Waals surface area contributed by atoms with E-state index in [9.17, 15) is 4.79 Å². The van der Waals surface area contributed by atoms with E-state index >= 15 is 0 Å². The summed E-state index contributed by atoms with van der Waals surface area (Å²) in [6.45, 7) is 4.59. The number of rotatable bonds is 3. The van der Waals surface area contributed by atoms with Crippen molar-refractivity contribution in [2.24, 2.45) is 12.5 Å². The van der Waals surface area contributed by atoms with Crippen LogP contribution in [-0.2, 0) is 7.05 Å². The van der Waals surface area contributed by atoms with Crippen molar-refractivity contribution in [3.05, 3.63) is 34.2 Å². The number of carbonyl (C=O) groups excluding carboxylic acids is 1. The molecule has 0 aliphatic heterocycles. The van der Waals surface area contributed by atoms with Crippen LogP contribution in [0.15, 0.2) is 22.9 Å². The van der Waals surface area contributed by atoms with Crippen LogP contribution in [0.25, 0.3) is 16.8 Å². The van der Waals surface area contributed by atoms with E-state index < -0.39 is 0 Å². The lowest BCUT2D eigenvalue weighted by atomic mass is 9.76. The van der Waals surface area contributed by atoms with Gasteiger partial charge in [0.2, 0.25) is 0 Å². The van der Waals surface area contributed by atoms with Crippen LogP contribution in [0.1, 0.15) is 49.2 Å². The SMILES string of the molecule is Cn1nc(-c2ccsc2)c(C2=CCC(C)(C)CC2)c1C=O.